The van der Waals surface area contributed by atoms with E-state index in [1.165, 1.54) is 4.88 Å². The van der Waals surface area contributed by atoms with Gasteiger partial charge in [0.05, 0.1) is 23.5 Å². The Balaban J connectivity index is 1.49. The van der Waals surface area contributed by atoms with E-state index in [1.54, 1.807) is 11.3 Å². The Labute approximate surface area is 157 Å². The SMILES string of the molecule is CCn1c(N2CCC[C@@H](C(=O)NCc3cccs3)C2)nc2ccccc21. The number of nitrogens with one attached hydrogen (secondary N) is 1. The lowest BCUT2D eigenvalue weighted by atomic mass is 9.97. The van der Waals surface area contributed by atoms with Crippen LogP contribution in [-0.4, -0.2) is 28.5 Å². The second-order valence-corrected chi connectivity index (χ2v) is 7.76. The lowest BCUT2D eigenvalue weighted by molar-refractivity contribution is -0.125. The van der Waals surface area contributed by atoms with Gasteiger partial charge in [0.25, 0.3) is 0 Å². The number of imidazole rings is 1. The van der Waals surface area contributed by atoms with Crippen molar-refractivity contribution in [1.29, 1.82) is 0 Å². The van der Waals surface area contributed by atoms with E-state index in [2.05, 4.69) is 46.0 Å². The first-order chi connectivity index (χ1) is 12.8. The van der Waals surface area contributed by atoms with E-state index >= 15 is 0 Å². The summed E-state index contributed by atoms with van der Waals surface area (Å²) in [4.78, 5) is 21.0. The average molecular weight is 369 g/mol. The van der Waals surface area contributed by atoms with Gasteiger partial charge >= 0.3 is 0 Å². The third-order valence-electron chi connectivity index (χ3n) is 5.04. The summed E-state index contributed by atoms with van der Waals surface area (Å²) in [5, 5.41) is 5.14. The molecular weight excluding hydrogens is 344 g/mol. The molecule has 1 N–H and O–H groups in total. The molecule has 0 radical (unpaired) electrons. The van der Waals surface area contributed by atoms with Gasteiger partial charge in [-0.15, -0.1) is 11.3 Å². The van der Waals surface area contributed by atoms with E-state index < -0.39 is 0 Å². The zero-order valence-corrected chi connectivity index (χ0v) is 15.8. The van der Waals surface area contributed by atoms with Gasteiger partial charge in [0.15, 0.2) is 0 Å². The summed E-state index contributed by atoms with van der Waals surface area (Å²) >= 11 is 1.68. The summed E-state index contributed by atoms with van der Waals surface area (Å²) < 4.78 is 2.25. The quantitative estimate of drug-likeness (QED) is 0.748. The van der Waals surface area contributed by atoms with Crippen molar-refractivity contribution in [3.63, 3.8) is 0 Å². The van der Waals surface area contributed by atoms with Crippen molar-refractivity contribution < 1.29 is 4.79 Å². The number of piperidine rings is 1. The van der Waals surface area contributed by atoms with Gasteiger partial charge in [0, 0.05) is 24.5 Å². The number of carbonyl (C=O) groups excluding carboxylic acids is 1. The van der Waals surface area contributed by atoms with E-state index in [1.807, 2.05) is 17.5 Å². The number of thiophene rings is 1. The highest BCUT2D eigenvalue weighted by Crippen LogP contribution is 2.27. The molecule has 1 aliphatic rings. The van der Waals surface area contributed by atoms with Crippen LogP contribution in [0.4, 0.5) is 5.95 Å². The maximum atomic E-state index is 12.6. The number of rotatable bonds is 5. The number of aromatic nitrogens is 2. The standard InChI is InChI=1S/C20H24N4OS/c1-2-24-18-10-4-3-9-17(18)22-20(24)23-11-5-7-15(14-23)19(25)21-13-16-8-6-12-26-16/h3-4,6,8-10,12,15H,2,5,7,11,13-14H2,1H3,(H,21,25)/t15-/m1/s1. The molecule has 1 saturated heterocycles. The van der Waals surface area contributed by atoms with Crippen molar-refractivity contribution in [2.45, 2.75) is 32.9 Å². The second kappa shape index (κ2) is 7.50. The lowest BCUT2D eigenvalue weighted by Crippen LogP contribution is -2.43. The van der Waals surface area contributed by atoms with Gasteiger partial charge in [-0.1, -0.05) is 18.2 Å². The Morgan fingerprint density at radius 1 is 1.31 bits per heavy atom. The van der Waals surface area contributed by atoms with E-state index in [4.69, 9.17) is 4.98 Å². The molecule has 26 heavy (non-hydrogen) atoms. The number of carbonyl (C=O) groups is 1. The number of amides is 1. The van der Waals surface area contributed by atoms with Crippen LogP contribution in [0.15, 0.2) is 41.8 Å². The van der Waals surface area contributed by atoms with Crippen LogP contribution >= 0.6 is 11.3 Å². The fourth-order valence-corrected chi connectivity index (χ4v) is 4.37. The summed E-state index contributed by atoms with van der Waals surface area (Å²) in [5.41, 5.74) is 2.18. The van der Waals surface area contributed by atoms with Crippen molar-refractivity contribution in [3.05, 3.63) is 46.7 Å². The van der Waals surface area contributed by atoms with E-state index in [9.17, 15) is 4.79 Å². The number of anilines is 1. The lowest BCUT2D eigenvalue weighted by Gasteiger charge is -2.33. The van der Waals surface area contributed by atoms with Crippen LogP contribution in [0.25, 0.3) is 11.0 Å². The van der Waals surface area contributed by atoms with Gasteiger partial charge in [0.1, 0.15) is 0 Å². The molecule has 3 heterocycles. The van der Waals surface area contributed by atoms with Gasteiger partial charge in [-0.3, -0.25) is 4.79 Å². The number of hydrogen-bond donors (Lipinski definition) is 1. The van der Waals surface area contributed by atoms with Crippen LogP contribution in [0.2, 0.25) is 0 Å². The normalized spacial score (nSPS) is 17.6. The zero-order valence-electron chi connectivity index (χ0n) is 15.0. The van der Waals surface area contributed by atoms with E-state index in [-0.39, 0.29) is 11.8 Å². The first-order valence-corrected chi connectivity index (χ1v) is 10.1. The van der Waals surface area contributed by atoms with Crippen LogP contribution < -0.4 is 10.2 Å². The molecule has 136 valence electrons. The Kier molecular flexibility index (Phi) is 4.93. The molecule has 0 spiro atoms. The van der Waals surface area contributed by atoms with Gasteiger partial charge in [-0.05, 0) is 43.3 Å². The first-order valence-electron chi connectivity index (χ1n) is 9.26. The Hall–Kier alpha value is -2.34. The number of nitrogens with zero attached hydrogens (tertiary/aromatic N) is 3. The molecule has 5 nitrogen and oxygen atoms in total. The molecule has 1 fully saturated rings. The largest absolute Gasteiger partial charge is 0.351 e. The molecule has 3 aromatic rings. The van der Waals surface area contributed by atoms with Crippen LogP contribution in [0, 0.1) is 5.92 Å². The molecule has 4 rings (SSSR count). The molecule has 0 unspecified atom stereocenters. The molecule has 1 aromatic carbocycles. The summed E-state index contributed by atoms with van der Waals surface area (Å²) in [6, 6.07) is 12.3. The molecule has 6 heteroatoms. The van der Waals surface area contributed by atoms with Crippen LogP contribution in [-0.2, 0) is 17.9 Å². The zero-order chi connectivity index (χ0) is 17.9. The van der Waals surface area contributed by atoms with E-state index in [0.29, 0.717) is 6.54 Å². The number of fused-ring (bicyclic) bond motifs is 1. The third kappa shape index (κ3) is 3.33. The molecule has 1 aliphatic heterocycles. The Morgan fingerprint density at radius 3 is 3.00 bits per heavy atom. The minimum Gasteiger partial charge on any atom is -0.351 e. The molecule has 1 amide bonds. The molecule has 1 atom stereocenters. The van der Waals surface area contributed by atoms with E-state index in [0.717, 1.165) is 49.5 Å². The number of aryl methyl sites for hydroxylation is 1. The predicted molar refractivity (Wildman–Crippen MR) is 107 cm³/mol. The monoisotopic (exact) mass is 368 g/mol. The fraction of sp³-hybridized carbons (Fsp3) is 0.400. The summed E-state index contributed by atoms with van der Waals surface area (Å²) in [6.07, 6.45) is 1.96. The fourth-order valence-electron chi connectivity index (χ4n) is 3.72. The number of hydrogen-bond acceptors (Lipinski definition) is 4. The third-order valence-corrected chi connectivity index (χ3v) is 5.92. The molecular formula is C20H24N4OS. The molecule has 0 saturated carbocycles. The minimum atomic E-state index is 0.0221. The average Bonchev–Trinajstić information content (AvgIpc) is 3.33. The van der Waals surface area contributed by atoms with Crippen molar-refractivity contribution in [3.8, 4) is 0 Å². The molecule has 0 bridgehead atoms. The predicted octanol–water partition coefficient (Wildman–Crippen LogP) is 3.65. The highest BCUT2D eigenvalue weighted by molar-refractivity contribution is 7.09. The summed E-state index contributed by atoms with van der Waals surface area (Å²) in [7, 11) is 0. The first kappa shape index (κ1) is 17.1. The van der Waals surface area contributed by atoms with Crippen molar-refractivity contribution >= 4 is 34.2 Å². The van der Waals surface area contributed by atoms with Crippen LogP contribution in [0.1, 0.15) is 24.6 Å². The Bertz CT molecular complexity index is 886. The van der Waals surface area contributed by atoms with Crippen LogP contribution in [0.5, 0.6) is 0 Å². The highest BCUT2D eigenvalue weighted by Gasteiger charge is 2.28. The van der Waals surface area contributed by atoms with Crippen molar-refractivity contribution in [2.24, 2.45) is 5.92 Å². The number of benzene rings is 1. The summed E-state index contributed by atoms with van der Waals surface area (Å²) in [5.74, 6) is 1.17. The number of para-hydroxylation sites is 2. The van der Waals surface area contributed by atoms with Crippen molar-refractivity contribution in [1.82, 2.24) is 14.9 Å². The second-order valence-electron chi connectivity index (χ2n) is 6.73. The summed E-state index contributed by atoms with van der Waals surface area (Å²) in [6.45, 7) is 5.34. The maximum absolute atomic E-state index is 12.6. The van der Waals surface area contributed by atoms with Gasteiger partial charge in [0.2, 0.25) is 11.9 Å². The smallest absolute Gasteiger partial charge is 0.225 e. The van der Waals surface area contributed by atoms with Gasteiger partial charge in [-0.25, -0.2) is 4.98 Å². The molecule has 2 aromatic heterocycles. The maximum Gasteiger partial charge on any atom is 0.225 e. The van der Waals surface area contributed by atoms with Crippen LogP contribution in [0.3, 0.4) is 0 Å². The highest BCUT2D eigenvalue weighted by atomic mass is 32.1. The van der Waals surface area contributed by atoms with Gasteiger partial charge < -0.3 is 14.8 Å². The van der Waals surface area contributed by atoms with Crippen molar-refractivity contribution in [2.75, 3.05) is 18.0 Å². The van der Waals surface area contributed by atoms with Gasteiger partial charge in [-0.2, -0.15) is 0 Å². The Morgan fingerprint density at radius 2 is 2.19 bits per heavy atom. The topological polar surface area (TPSA) is 50.2 Å². The molecule has 0 aliphatic carbocycles. The minimum absolute atomic E-state index is 0.0221.